The van der Waals surface area contributed by atoms with Crippen LogP contribution in [0.5, 0.6) is 0 Å². The number of pyridine rings is 1. The van der Waals surface area contributed by atoms with E-state index in [0.717, 1.165) is 22.3 Å². The maximum atomic E-state index is 9.78. The van der Waals surface area contributed by atoms with Gasteiger partial charge in [-0.25, -0.2) is 0 Å². The Labute approximate surface area is 140 Å². The van der Waals surface area contributed by atoms with E-state index in [-0.39, 0.29) is 0 Å². The standard InChI is InChI=1S/C20H13ClN2/c21-18-10-8-15(9-11-18)19(13-22)20(16-5-2-1-3-6-16)17-7-4-12-23-14-17/h1-12,14H/b20-19+. The van der Waals surface area contributed by atoms with E-state index in [1.807, 2.05) is 54.6 Å². The molecule has 0 aliphatic rings. The van der Waals surface area contributed by atoms with E-state index in [4.69, 9.17) is 11.6 Å². The Morgan fingerprint density at radius 1 is 0.826 bits per heavy atom. The van der Waals surface area contributed by atoms with E-state index in [2.05, 4.69) is 11.1 Å². The third-order valence-corrected chi connectivity index (χ3v) is 3.76. The molecule has 0 aliphatic carbocycles. The van der Waals surface area contributed by atoms with Crippen LogP contribution in [0.4, 0.5) is 0 Å². The van der Waals surface area contributed by atoms with Crippen LogP contribution in [0.1, 0.15) is 16.7 Å². The molecule has 0 atom stereocenters. The van der Waals surface area contributed by atoms with Crippen molar-refractivity contribution in [3.05, 3.63) is 101 Å². The predicted molar refractivity (Wildman–Crippen MR) is 93.7 cm³/mol. The quantitative estimate of drug-likeness (QED) is 0.491. The highest BCUT2D eigenvalue weighted by atomic mass is 35.5. The summed E-state index contributed by atoms with van der Waals surface area (Å²) in [5.41, 5.74) is 4.18. The van der Waals surface area contributed by atoms with Crippen molar-refractivity contribution in [1.82, 2.24) is 4.98 Å². The number of rotatable bonds is 3. The van der Waals surface area contributed by atoms with E-state index < -0.39 is 0 Å². The van der Waals surface area contributed by atoms with Gasteiger partial charge in [-0.1, -0.05) is 60.1 Å². The molecule has 0 unspecified atom stereocenters. The molecule has 0 aliphatic heterocycles. The van der Waals surface area contributed by atoms with Crippen molar-refractivity contribution >= 4 is 22.7 Å². The Morgan fingerprint density at radius 2 is 1.52 bits per heavy atom. The molecule has 3 heteroatoms. The van der Waals surface area contributed by atoms with E-state index in [1.54, 1.807) is 24.5 Å². The van der Waals surface area contributed by atoms with Gasteiger partial charge in [0.2, 0.25) is 0 Å². The number of benzene rings is 2. The van der Waals surface area contributed by atoms with Crippen LogP contribution in [-0.2, 0) is 0 Å². The number of allylic oxidation sites excluding steroid dienone is 1. The average Bonchev–Trinajstić information content (AvgIpc) is 2.62. The molecule has 0 bridgehead atoms. The number of aromatic nitrogens is 1. The lowest BCUT2D eigenvalue weighted by molar-refractivity contribution is 1.31. The van der Waals surface area contributed by atoms with Gasteiger partial charge in [0.25, 0.3) is 0 Å². The number of hydrogen-bond donors (Lipinski definition) is 0. The van der Waals surface area contributed by atoms with Gasteiger partial charge < -0.3 is 0 Å². The highest BCUT2D eigenvalue weighted by molar-refractivity contribution is 6.30. The summed E-state index contributed by atoms with van der Waals surface area (Å²) in [7, 11) is 0. The van der Waals surface area contributed by atoms with E-state index >= 15 is 0 Å². The van der Waals surface area contributed by atoms with Crippen molar-refractivity contribution in [2.75, 3.05) is 0 Å². The summed E-state index contributed by atoms with van der Waals surface area (Å²) in [6.45, 7) is 0. The van der Waals surface area contributed by atoms with Gasteiger partial charge in [0.15, 0.2) is 0 Å². The highest BCUT2D eigenvalue weighted by Gasteiger charge is 2.13. The first kappa shape index (κ1) is 15.0. The molecule has 0 fully saturated rings. The SMILES string of the molecule is N#C/C(=C(/c1ccccc1)c1cccnc1)c1ccc(Cl)cc1. The van der Waals surface area contributed by atoms with Crippen LogP contribution in [-0.4, -0.2) is 4.98 Å². The third-order valence-electron chi connectivity index (χ3n) is 3.51. The molecule has 1 aromatic heterocycles. The molecule has 0 saturated heterocycles. The van der Waals surface area contributed by atoms with Gasteiger partial charge >= 0.3 is 0 Å². The molecule has 0 amide bonds. The molecule has 2 aromatic carbocycles. The Morgan fingerprint density at radius 3 is 2.13 bits per heavy atom. The smallest absolute Gasteiger partial charge is 0.100 e. The summed E-state index contributed by atoms with van der Waals surface area (Å²) < 4.78 is 0. The predicted octanol–water partition coefficient (Wildman–Crippen LogP) is 5.22. The first-order chi connectivity index (χ1) is 11.3. The van der Waals surface area contributed by atoms with Crippen molar-refractivity contribution in [3.8, 4) is 6.07 Å². The molecule has 2 nitrogen and oxygen atoms in total. The van der Waals surface area contributed by atoms with Gasteiger partial charge in [-0.3, -0.25) is 4.98 Å². The van der Waals surface area contributed by atoms with Crippen LogP contribution in [0.3, 0.4) is 0 Å². The average molecular weight is 317 g/mol. The summed E-state index contributed by atoms with van der Waals surface area (Å²) in [6, 6.07) is 23.4. The van der Waals surface area contributed by atoms with Gasteiger partial charge in [-0.2, -0.15) is 5.26 Å². The topological polar surface area (TPSA) is 36.7 Å². The lowest BCUT2D eigenvalue weighted by Crippen LogP contribution is -1.94. The summed E-state index contributed by atoms with van der Waals surface area (Å²) >= 11 is 5.96. The molecule has 110 valence electrons. The number of nitriles is 1. The second-order valence-electron chi connectivity index (χ2n) is 4.98. The molecule has 1 heterocycles. The second kappa shape index (κ2) is 6.91. The van der Waals surface area contributed by atoms with Crippen molar-refractivity contribution in [2.45, 2.75) is 0 Å². The number of halogens is 1. The van der Waals surface area contributed by atoms with Crippen LogP contribution in [0.25, 0.3) is 11.1 Å². The zero-order valence-corrected chi connectivity index (χ0v) is 13.0. The maximum absolute atomic E-state index is 9.78. The van der Waals surface area contributed by atoms with Crippen molar-refractivity contribution < 1.29 is 0 Å². The molecular formula is C20H13ClN2. The Kier molecular flexibility index (Phi) is 4.52. The van der Waals surface area contributed by atoms with Crippen molar-refractivity contribution in [3.63, 3.8) is 0 Å². The normalized spacial score (nSPS) is 11.5. The largest absolute Gasteiger partial charge is 0.264 e. The first-order valence-electron chi connectivity index (χ1n) is 7.16. The zero-order chi connectivity index (χ0) is 16.1. The van der Waals surface area contributed by atoms with Gasteiger partial charge in [0.1, 0.15) is 6.07 Å². The monoisotopic (exact) mass is 316 g/mol. The fourth-order valence-electron chi connectivity index (χ4n) is 2.45. The summed E-state index contributed by atoms with van der Waals surface area (Å²) in [4.78, 5) is 4.19. The van der Waals surface area contributed by atoms with Crippen LogP contribution >= 0.6 is 11.6 Å². The van der Waals surface area contributed by atoms with Gasteiger partial charge in [-0.15, -0.1) is 0 Å². The summed E-state index contributed by atoms with van der Waals surface area (Å²) in [5, 5.41) is 10.4. The van der Waals surface area contributed by atoms with E-state index in [9.17, 15) is 5.26 Å². The minimum atomic E-state index is 0.598. The molecule has 0 radical (unpaired) electrons. The molecule has 3 rings (SSSR count). The summed E-state index contributed by atoms with van der Waals surface area (Å²) in [5.74, 6) is 0. The Hall–Kier alpha value is -2.89. The van der Waals surface area contributed by atoms with Crippen LogP contribution < -0.4 is 0 Å². The fraction of sp³-hybridized carbons (Fsp3) is 0. The van der Waals surface area contributed by atoms with E-state index in [0.29, 0.717) is 10.6 Å². The minimum Gasteiger partial charge on any atom is -0.264 e. The Balaban J connectivity index is 2.28. The molecule has 0 saturated carbocycles. The zero-order valence-electron chi connectivity index (χ0n) is 12.3. The highest BCUT2D eigenvalue weighted by Crippen LogP contribution is 2.31. The van der Waals surface area contributed by atoms with Crippen LogP contribution in [0.2, 0.25) is 5.02 Å². The van der Waals surface area contributed by atoms with Crippen molar-refractivity contribution in [2.24, 2.45) is 0 Å². The van der Waals surface area contributed by atoms with Gasteiger partial charge in [0, 0.05) is 28.6 Å². The lowest BCUT2D eigenvalue weighted by Gasteiger charge is -2.12. The number of hydrogen-bond acceptors (Lipinski definition) is 2. The lowest BCUT2D eigenvalue weighted by atomic mass is 9.91. The van der Waals surface area contributed by atoms with E-state index in [1.165, 1.54) is 0 Å². The van der Waals surface area contributed by atoms with Crippen LogP contribution in [0, 0.1) is 11.3 Å². The van der Waals surface area contributed by atoms with Gasteiger partial charge in [-0.05, 0) is 29.3 Å². The molecule has 3 aromatic rings. The van der Waals surface area contributed by atoms with Crippen molar-refractivity contribution in [1.29, 1.82) is 5.26 Å². The Bertz CT molecular complexity index is 820. The fourth-order valence-corrected chi connectivity index (χ4v) is 2.58. The third kappa shape index (κ3) is 3.31. The maximum Gasteiger partial charge on any atom is 0.100 e. The molecule has 0 N–H and O–H groups in total. The summed E-state index contributed by atoms with van der Waals surface area (Å²) in [6.07, 6.45) is 3.50. The number of nitrogens with zero attached hydrogens (tertiary/aromatic N) is 2. The first-order valence-corrected chi connectivity index (χ1v) is 7.53. The minimum absolute atomic E-state index is 0.598. The van der Waals surface area contributed by atoms with Gasteiger partial charge in [0.05, 0.1) is 5.57 Å². The molecule has 23 heavy (non-hydrogen) atoms. The molecular weight excluding hydrogens is 304 g/mol. The molecule has 0 spiro atoms. The van der Waals surface area contributed by atoms with Crippen LogP contribution in [0.15, 0.2) is 79.1 Å². The second-order valence-corrected chi connectivity index (χ2v) is 5.41.